The van der Waals surface area contributed by atoms with Gasteiger partial charge in [0.05, 0.1) is 13.2 Å². The van der Waals surface area contributed by atoms with Gasteiger partial charge in [0.2, 0.25) is 9.04 Å². The van der Waals surface area contributed by atoms with E-state index in [2.05, 4.69) is 49.0 Å². The van der Waals surface area contributed by atoms with E-state index in [0.29, 0.717) is 13.2 Å². The van der Waals surface area contributed by atoms with Crippen molar-refractivity contribution in [2.45, 2.75) is 6.55 Å². The summed E-state index contributed by atoms with van der Waals surface area (Å²) in [5, 5.41) is 3.93. The van der Waals surface area contributed by atoms with Gasteiger partial charge >= 0.3 is 0 Å². The van der Waals surface area contributed by atoms with Crippen LogP contribution in [-0.4, -0.2) is 29.4 Å². The Kier molecular flexibility index (Phi) is 4.31. The first-order valence-corrected chi connectivity index (χ1v) is 7.67. The van der Waals surface area contributed by atoms with Crippen molar-refractivity contribution in [1.29, 1.82) is 0 Å². The van der Waals surface area contributed by atoms with Crippen molar-refractivity contribution in [2.24, 2.45) is 0 Å². The zero-order valence-corrected chi connectivity index (χ0v) is 11.3. The lowest BCUT2D eigenvalue weighted by atomic mass is 10.1. The number of rotatable bonds is 5. The second-order valence-corrected chi connectivity index (χ2v) is 5.86. The van der Waals surface area contributed by atoms with Gasteiger partial charge in [-0.2, -0.15) is 0 Å². The Morgan fingerprint density at radius 1 is 1.00 bits per heavy atom. The maximum atomic E-state index is 5.85. The first-order valence-electron chi connectivity index (χ1n) is 5.76. The summed E-state index contributed by atoms with van der Waals surface area (Å²) in [4.78, 5) is 0. The van der Waals surface area contributed by atoms with Gasteiger partial charge < -0.3 is 9.16 Å². The van der Waals surface area contributed by atoms with Gasteiger partial charge in [0, 0.05) is 7.11 Å². The average Bonchev–Trinajstić information content (AvgIpc) is 2.38. The van der Waals surface area contributed by atoms with E-state index in [4.69, 9.17) is 9.16 Å². The van der Waals surface area contributed by atoms with Crippen LogP contribution in [0.3, 0.4) is 0 Å². The van der Waals surface area contributed by atoms with Gasteiger partial charge in [-0.3, -0.25) is 0 Å². The van der Waals surface area contributed by atoms with Gasteiger partial charge in [-0.25, -0.2) is 0 Å². The molecule has 17 heavy (non-hydrogen) atoms. The lowest BCUT2D eigenvalue weighted by Crippen LogP contribution is -2.31. The second-order valence-electron chi connectivity index (χ2n) is 3.92. The van der Waals surface area contributed by atoms with E-state index in [1.165, 1.54) is 16.0 Å². The Morgan fingerprint density at radius 2 is 1.76 bits per heavy atom. The molecular weight excluding hydrogens is 228 g/mol. The van der Waals surface area contributed by atoms with Gasteiger partial charge in [0.1, 0.15) is 0 Å². The lowest BCUT2D eigenvalue weighted by Gasteiger charge is -2.13. The third-order valence-corrected chi connectivity index (χ3v) is 4.61. The summed E-state index contributed by atoms with van der Waals surface area (Å²) in [6.07, 6.45) is 0. The van der Waals surface area contributed by atoms with E-state index in [9.17, 15) is 0 Å². The minimum atomic E-state index is -0.945. The van der Waals surface area contributed by atoms with Gasteiger partial charge in [-0.05, 0) is 22.5 Å². The lowest BCUT2D eigenvalue weighted by molar-refractivity contribution is 0.147. The topological polar surface area (TPSA) is 18.5 Å². The van der Waals surface area contributed by atoms with E-state index in [1.807, 2.05) is 0 Å². The van der Waals surface area contributed by atoms with Crippen LogP contribution in [0, 0.1) is 0 Å². The molecule has 0 saturated heterocycles. The molecule has 0 fully saturated rings. The summed E-state index contributed by atoms with van der Waals surface area (Å²) in [6, 6.07) is 14.9. The molecule has 0 bridgehead atoms. The van der Waals surface area contributed by atoms with Crippen LogP contribution in [0.1, 0.15) is 0 Å². The molecule has 0 heterocycles. The third kappa shape index (κ3) is 2.94. The van der Waals surface area contributed by atoms with Gasteiger partial charge in [0.15, 0.2) is 0 Å². The fourth-order valence-corrected chi connectivity index (χ4v) is 3.37. The Bertz CT molecular complexity index is 479. The summed E-state index contributed by atoms with van der Waals surface area (Å²) in [7, 11) is 0.753. The molecule has 0 atom stereocenters. The molecule has 3 heteroatoms. The number of hydrogen-bond acceptors (Lipinski definition) is 2. The number of methoxy groups -OCH3 is 1. The second kappa shape index (κ2) is 5.96. The van der Waals surface area contributed by atoms with Crippen LogP contribution in [0.4, 0.5) is 0 Å². The molecule has 89 valence electrons. The van der Waals surface area contributed by atoms with Crippen LogP contribution in [0.2, 0.25) is 6.55 Å². The van der Waals surface area contributed by atoms with E-state index in [-0.39, 0.29) is 0 Å². The summed E-state index contributed by atoms with van der Waals surface area (Å²) in [5.74, 6) is 0. The van der Waals surface area contributed by atoms with Crippen LogP contribution in [0.25, 0.3) is 10.8 Å². The smallest absolute Gasteiger partial charge is 0.244 e. The van der Waals surface area contributed by atoms with Gasteiger partial charge in [-0.1, -0.05) is 42.5 Å². The molecule has 0 saturated carbocycles. The number of hydrogen-bond donors (Lipinski definition) is 0. The zero-order valence-electron chi connectivity index (χ0n) is 10.3. The number of ether oxygens (including phenoxy) is 1. The quantitative estimate of drug-likeness (QED) is 0.594. The predicted molar refractivity (Wildman–Crippen MR) is 73.0 cm³/mol. The average molecular weight is 245 g/mol. The molecule has 2 nitrogen and oxygen atoms in total. The van der Waals surface area contributed by atoms with Crippen LogP contribution in [0.5, 0.6) is 0 Å². The molecule has 2 aromatic carbocycles. The summed E-state index contributed by atoms with van der Waals surface area (Å²) >= 11 is 0. The van der Waals surface area contributed by atoms with E-state index >= 15 is 0 Å². The molecule has 0 unspecified atom stereocenters. The fourth-order valence-electron chi connectivity index (χ4n) is 1.89. The Labute approximate surface area is 104 Å². The van der Waals surface area contributed by atoms with Crippen molar-refractivity contribution < 1.29 is 9.16 Å². The highest BCUT2D eigenvalue weighted by Gasteiger charge is 2.12. The Hall–Kier alpha value is -1.16. The first-order chi connectivity index (χ1) is 8.33. The minimum absolute atomic E-state index is 0.659. The maximum absolute atomic E-state index is 5.85. The van der Waals surface area contributed by atoms with E-state index in [0.717, 1.165) is 0 Å². The van der Waals surface area contributed by atoms with Crippen molar-refractivity contribution in [3.63, 3.8) is 0 Å². The van der Waals surface area contributed by atoms with Crippen molar-refractivity contribution in [2.75, 3.05) is 20.3 Å². The van der Waals surface area contributed by atoms with Gasteiger partial charge in [0.25, 0.3) is 0 Å². The summed E-state index contributed by atoms with van der Waals surface area (Å²) in [6.45, 7) is 3.51. The summed E-state index contributed by atoms with van der Waals surface area (Å²) in [5.41, 5.74) is 0. The largest absolute Gasteiger partial charge is 0.410 e. The molecule has 1 radical (unpaired) electrons. The molecule has 0 aliphatic rings. The molecule has 0 aliphatic heterocycles. The maximum Gasteiger partial charge on any atom is 0.244 e. The van der Waals surface area contributed by atoms with Crippen LogP contribution in [0.15, 0.2) is 42.5 Å². The number of fused-ring (bicyclic) bond motifs is 1. The normalized spacial score (nSPS) is 11.2. The molecule has 0 amide bonds. The SMILES string of the molecule is COCCO[Si](C)c1cccc2ccccc12. The minimum Gasteiger partial charge on any atom is -0.410 e. The molecule has 2 aromatic rings. The molecular formula is C14H17O2Si. The number of benzene rings is 2. The van der Waals surface area contributed by atoms with E-state index in [1.54, 1.807) is 7.11 Å². The first kappa shape index (κ1) is 12.3. The highest BCUT2D eigenvalue weighted by atomic mass is 28.3. The highest BCUT2D eigenvalue weighted by molar-refractivity contribution is 6.68. The molecule has 0 N–H and O–H groups in total. The Morgan fingerprint density at radius 3 is 2.59 bits per heavy atom. The van der Waals surface area contributed by atoms with Crippen LogP contribution in [-0.2, 0) is 9.16 Å². The zero-order chi connectivity index (χ0) is 12.1. The third-order valence-electron chi connectivity index (χ3n) is 2.77. The highest BCUT2D eigenvalue weighted by Crippen LogP contribution is 2.11. The standard InChI is InChI=1S/C14H17O2Si/c1-15-10-11-16-17(2)14-9-5-7-12-6-3-4-8-13(12)14/h3-9H,10-11H2,1-2H3. The predicted octanol–water partition coefficient (Wildman–Crippen LogP) is 2.33. The van der Waals surface area contributed by atoms with Crippen molar-refractivity contribution in [3.8, 4) is 0 Å². The van der Waals surface area contributed by atoms with Gasteiger partial charge in [-0.15, -0.1) is 0 Å². The van der Waals surface area contributed by atoms with Crippen molar-refractivity contribution >= 4 is 25.0 Å². The molecule has 2 rings (SSSR count). The van der Waals surface area contributed by atoms with E-state index < -0.39 is 9.04 Å². The summed E-state index contributed by atoms with van der Waals surface area (Å²) < 4.78 is 10.9. The molecule has 0 aliphatic carbocycles. The van der Waals surface area contributed by atoms with Crippen LogP contribution < -0.4 is 5.19 Å². The molecule has 0 aromatic heterocycles. The Balaban J connectivity index is 2.22. The molecule has 0 spiro atoms. The fraction of sp³-hybridized carbons (Fsp3) is 0.286. The van der Waals surface area contributed by atoms with Crippen molar-refractivity contribution in [1.82, 2.24) is 0 Å². The monoisotopic (exact) mass is 245 g/mol. The van der Waals surface area contributed by atoms with Crippen LogP contribution >= 0.6 is 0 Å². The van der Waals surface area contributed by atoms with Crippen molar-refractivity contribution in [3.05, 3.63) is 42.5 Å².